The van der Waals surface area contributed by atoms with Crippen molar-refractivity contribution in [2.45, 2.75) is 297 Å². The van der Waals surface area contributed by atoms with Gasteiger partial charge in [0.1, 0.15) is 13.2 Å². The summed E-state index contributed by atoms with van der Waals surface area (Å²) < 4.78 is 16.9. The largest absolute Gasteiger partial charge is 0.462 e. The molecule has 0 N–H and O–H groups in total. The maximum atomic E-state index is 12.9. The van der Waals surface area contributed by atoms with Gasteiger partial charge in [0.05, 0.1) is 0 Å². The normalized spacial score (nSPS) is 12.7. The van der Waals surface area contributed by atoms with Crippen LogP contribution in [0.1, 0.15) is 290 Å². The van der Waals surface area contributed by atoms with Gasteiger partial charge in [-0.2, -0.15) is 0 Å². The van der Waals surface area contributed by atoms with Crippen molar-refractivity contribution in [3.8, 4) is 0 Å². The maximum Gasteiger partial charge on any atom is 0.306 e. The third-order valence-corrected chi connectivity index (χ3v) is 12.9. The van der Waals surface area contributed by atoms with Crippen molar-refractivity contribution in [2.75, 3.05) is 13.2 Å². The summed E-state index contributed by atoms with van der Waals surface area (Å²) >= 11 is 0. The predicted molar refractivity (Wildman–Crippen MR) is 307 cm³/mol. The summed E-state index contributed by atoms with van der Waals surface area (Å²) in [5, 5.41) is 0. The highest BCUT2D eigenvalue weighted by molar-refractivity contribution is 5.71. The van der Waals surface area contributed by atoms with E-state index in [9.17, 15) is 14.4 Å². The van der Waals surface area contributed by atoms with Crippen molar-refractivity contribution in [3.05, 3.63) is 85.1 Å². The van der Waals surface area contributed by atoms with Crippen LogP contribution < -0.4 is 0 Å². The van der Waals surface area contributed by atoms with Crippen molar-refractivity contribution < 1.29 is 28.6 Å². The van der Waals surface area contributed by atoms with Crippen molar-refractivity contribution in [1.82, 2.24) is 0 Å². The monoisotopic (exact) mass is 989 g/mol. The van der Waals surface area contributed by atoms with Gasteiger partial charge in [0.15, 0.2) is 6.10 Å². The quantitative estimate of drug-likeness (QED) is 0.0261. The summed E-state index contributed by atoms with van der Waals surface area (Å²) in [5.41, 5.74) is 0. The molecule has 0 amide bonds. The average molecular weight is 990 g/mol. The van der Waals surface area contributed by atoms with Crippen LogP contribution in [0.25, 0.3) is 0 Å². The van der Waals surface area contributed by atoms with Gasteiger partial charge in [-0.15, -0.1) is 0 Å². The first-order valence-corrected chi connectivity index (χ1v) is 30.1. The topological polar surface area (TPSA) is 78.9 Å². The molecule has 0 fully saturated rings. The molecular weight excluding hydrogens is 877 g/mol. The molecule has 0 heterocycles. The van der Waals surface area contributed by atoms with Gasteiger partial charge in [-0.25, -0.2) is 0 Å². The van der Waals surface area contributed by atoms with E-state index in [2.05, 4.69) is 106 Å². The molecule has 0 saturated carbocycles. The zero-order valence-electron chi connectivity index (χ0n) is 46.7. The van der Waals surface area contributed by atoms with Gasteiger partial charge in [0.2, 0.25) is 0 Å². The number of allylic oxidation sites excluding steroid dienone is 14. The lowest BCUT2D eigenvalue weighted by molar-refractivity contribution is -0.167. The first-order valence-electron chi connectivity index (χ1n) is 30.1. The molecule has 0 bridgehead atoms. The summed E-state index contributed by atoms with van der Waals surface area (Å²) in [6.07, 6.45) is 77.2. The van der Waals surface area contributed by atoms with Gasteiger partial charge < -0.3 is 14.2 Å². The number of unbranched alkanes of at least 4 members (excludes halogenated alkanes) is 29. The minimum absolute atomic E-state index is 0.0851. The number of carbonyl (C=O) groups is 3. The first kappa shape index (κ1) is 67.6. The van der Waals surface area contributed by atoms with E-state index >= 15 is 0 Å². The Labute approximate surface area is 439 Å². The molecule has 0 aromatic heterocycles. The van der Waals surface area contributed by atoms with E-state index in [1.165, 1.54) is 128 Å². The molecule has 0 aliphatic carbocycles. The van der Waals surface area contributed by atoms with E-state index in [1.807, 2.05) is 0 Å². The Kier molecular flexibility index (Phi) is 56.3. The minimum Gasteiger partial charge on any atom is -0.462 e. The van der Waals surface area contributed by atoms with E-state index < -0.39 is 6.10 Å². The Hall–Kier alpha value is -3.41. The molecule has 6 heteroatoms. The van der Waals surface area contributed by atoms with Gasteiger partial charge in [0.25, 0.3) is 0 Å². The molecule has 0 saturated heterocycles. The highest BCUT2D eigenvalue weighted by atomic mass is 16.6. The highest BCUT2D eigenvalue weighted by Crippen LogP contribution is 2.16. The molecule has 0 aromatic carbocycles. The molecule has 0 aliphatic heterocycles. The van der Waals surface area contributed by atoms with E-state index in [0.29, 0.717) is 19.3 Å². The molecule has 1 unspecified atom stereocenters. The number of esters is 3. The second-order valence-corrected chi connectivity index (χ2v) is 19.9. The second-order valence-electron chi connectivity index (χ2n) is 19.9. The zero-order valence-corrected chi connectivity index (χ0v) is 46.7. The summed E-state index contributed by atoms with van der Waals surface area (Å²) in [6.45, 7) is 6.47. The molecule has 408 valence electrons. The van der Waals surface area contributed by atoms with E-state index in [4.69, 9.17) is 14.2 Å². The van der Waals surface area contributed by atoms with E-state index in [1.54, 1.807) is 0 Å². The number of hydrogen-bond acceptors (Lipinski definition) is 6. The lowest BCUT2D eigenvalue weighted by Crippen LogP contribution is -2.30. The third-order valence-electron chi connectivity index (χ3n) is 12.9. The van der Waals surface area contributed by atoms with Gasteiger partial charge in [-0.1, -0.05) is 266 Å². The summed E-state index contributed by atoms with van der Waals surface area (Å²) in [4.78, 5) is 38.2. The van der Waals surface area contributed by atoms with Crippen LogP contribution in [0.5, 0.6) is 0 Å². The SMILES string of the molecule is CC/C=C\C/C=C\C/C=C\C/C=C\C/C=C\CCCCCCCCCC(=O)OCC(COC(=O)CCCCCCC/C=C\C/C=C\CCC)OC(=O)CCCCCCCCCCCCCCCCCCC. The van der Waals surface area contributed by atoms with Crippen molar-refractivity contribution in [2.24, 2.45) is 0 Å². The van der Waals surface area contributed by atoms with Crippen LogP contribution in [0.3, 0.4) is 0 Å². The number of ether oxygens (including phenoxy) is 3. The molecular formula is C65H112O6. The fourth-order valence-corrected chi connectivity index (χ4v) is 8.39. The minimum atomic E-state index is -0.786. The van der Waals surface area contributed by atoms with Gasteiger partial charge in [0, 0.05) is 19.3 Å². The van der Waals surface area contributed by atoms with Crippen LogP contribution in [-0.4, -0.2) is 37.2 Å². The molecule has 0 aromatic rings. The molecule has 0 radical (unpaired) electrons. The lowest BCUT2D eigenvalue weighted by Gasteiger charge is -2.18. The Morgan fingerprint density at radius 3 is 0.915 bits per heavy atom. The smallest absolute Gasteiger partial charge is 0.306 e. The van der Waals surface area contributed by atoms with Crippen LogP contribution in [-0.2, 0) is 28.6 Å². The molecule has 6 nitrogen and oxygen atoms in total. The molecule has 0 rings (SSSR count). The first-order chi connectivity index (χ1) is 35.0. The van der Waals surface area contributed by atoms with Crippen molar-refractivity contribution in [3.63, 3.8) is 0 Å². The van der Waals surface area contributed by atoms with Crippen LogP contribution >= 0.6 is 0 Å². The number of rotatable bonds is 54. The lowest BCUT2D eigenvalue weighted by atomic mass is 10.0. The molecule has 0 aliphatic rings. The number of hydrogen-bond donors (Lipinski definition) is 0. The average Bonchev–Trinajstić information content (AvgIpc) is 3.37. The molecule has 71 heavy (non-hydrogen) atoms. The Morgan fingerprint density at radius 1 is 0.296 bits per heavy atom. The van der Waals surface area contributed by atoms with Crippen LogP contribution in [0, 0.1) is 0 Å². The second kappa shape index (κ2) is 59.2. The predicted octanol–water partition coefficient (Wildman–Crippen LogP) is 20.3. The fourth-order valence-electron chi connectivity index (χ4n) is 8.39. The number of carbonyl (C=O) groups excluding carboxylic acids is 3. The molecule has 0 spiro atoms. The highest BCUT2D eigenvalue weighted by Gasteiger charge is 2.19. The van der Waals surface area contributed by atoms with Crippen LogP contribution in [0.4, 0.5) is 0 Å². The summed E-state index contributed by atoms with van der Waals surface area (Å²) in [6, 6.07) is 0. The van der Waals surface area contributed by atoms with Gasteiger partial charge >= 0.3 is 17.9 Å². The maximum absolute atomic E-state index is 12.9. The third kappa shape index (κ3) is 57.4. The fraction of sp³-hybridized carbons (Fsp3) is 0.738. The van der Waals surface area contributed by atoms with Crippen LogP contribution in [0.2, 0.25) is 0 Å². The Balaban J connectivity index is 4.36. The molecule has 1 atom stereocenters. The van der Waals surface area contributed by atoms with Gasteiger partial charge in [-0.05, 0) is 89.9 Å². The van der Waals surface area contributed by atoms with E-state index in [0.717, 1.165) is 122 Å². The Bertz CT molecular complexity index is 1370. The standard InChI is InChI=1S/C65H112O6/c1-4-7-10-13-16-19-22-25-27-29-30-31-32-33-34-36-37-40-43-46-49-52-55-58-64(67)70-61-62(60-69-63(66)57-54-51-48-45-42-39-24-21-18-15-12-9-6-3)71-65(68)59-56-53-50-47-44-41-38-35-28-26-23-20-17-14-11-8-5-2/h7,10,12,15-16,19,21,24-25,27,30-31,33-34,62H,4-6,8-9,11,13-14,17-18,20,22-23,26,28-29,32,35-61H2,1-3H3/b10-7-,15-12-,19-16-,24-21-,27-25-,31-30-,34-33-. The summed E-state index contributed by atoms with van der Waals surface area (Å²) in [7, 11) is 0. The van der Waals surface area contributed by atoms with E-state index in [-0.39, 0.29) is 31.1 Å². The Morgan fingerprint density at radius 2 is 0.577 bits per heavy atom. The van der Waals surface area contributed by atoms with Gasteiger partial charge in [-0.3, -0.25) is 14.4 Å². The summed E-state index contributed by atoms with van der Waals surface area (Å²) in [5.74, 6) is -0.899. The van der Waals surface area contributed by atoms with Crippen molar-refractivity contribution >= 4 is 17.9 Å². The van der Waals surface area contributed by atoms with Crippen molar-refractivity contribution in [1.29, 1.82) is 0 Å². The van der Waals surface area contributed by atoms with Crippen LogP contribution in [0.15, 0.2) is 85.1 Å². The zero-order chi connectivity index (χ0) is 51.4.